The summed E-state index contributed by atoms with van der Waals surface area (Å²) in [5.41, 5.74) is 1.82. The summed E-state index contributed by atoms with van der Waals surface area (Å²) in [6.07, 6.45) is 0.223. The first-order valence-corrected chi connectivity index (χ1v) is 11.6. The Labute approximate surface area is 172 Å². The molecule has 0 fully saturated rings. The van der Waals surface area contributed by atoms with E-state index in [0.717, 1.165) is 26.4 Å². The van der Waals surface area contributed by atoms with Crippen LogP contribution >= 0.6 is 45.8 Å². The van der Waals surface area contributed by atoms with Crippen LogP contribution in [0, 0.1) is 0 Å². The van der Waals surface area contributed by atoms with Crippen LogP contribution in [-0.4, -0.2) is 21.1 Å². The van der Waals surface area contributed by atoms with Gasteiger partial charge in [-0.2, -0.15) is 0 Å². The van der Waals surface area contributed by atoms with Crippen LogP contribution in [0.1, 0.15) is 10.6 Å². The minimum Gasteiger partial charge on any atom is -0.300 e. The van der Waals surface area contributed by atoms with Gasteiger partial charge in [0.25, 0.3) is 0 Å². The Hall–Kier alpha value is -2.07. The van der Waals surface area contributed by atoms with Crippen LogP contribution in [0.15, 0.2) is 57.6 Å². The van der Waals surface area contributed by atoms with Gasteiger partial charge >= 0.3 is 0 Å². The Bertz CT molecular complexity index is 1010. The molecule has 0 spiro atoms. The van der Waals surface area contributed by atoms with Gasteiger partial charge in [-0.05, 0) is 11.4 Å². The number of amides is 1. The summed E-state index contributed by atoms with van der Waals surface area (Å²) < 4.78 is 0.846. The predicted octanol–water partition coefficient (Wildman–Crippen LogP) is 5.20. The molecule has 0 saturated carbocycles. The molecule has 27 heavy (non-hydrogen) atoms. The summed E-state index contributed by atoms with van der Waals surface area (Å²) in [6, 6.07) is 14.1. The fraction of sp³-hybridized carbons (Fsp3) is 0.111. The maximum Gasteiger partial charge on any atom is 0.232 e. The fourth-order valence-corrected chi connectivity index (χ4v) is 5.64. The van der Waals surface area contributed by atoms with Crippen molar-refractivity contribution in [3.63, 3.8) is 0 Å². The Balaban J connectivity index is 1.31. The third-order valence-corrected chi connectivity index (χ3v) is 7.51. The van der Waals surface area contributed by atoms with Gasteiger partial charge in [0.05, 0.1) is 12.1 Å². The lowest BCUT2D eigenvalue weighted by Crippen LogP contribution is -2.14. The van der Waals surface area contributed by atoms with E-state index in [9.17, 15) is 4.79 Å². The number of rotatable bonds is 7. The number of nitrogens with zero attached hydrogens (tertiary/aromatic N) is 3. The molecule has 0 aliphatic heterocycles. The Morgan fingerprint density at radius 2 is 1.96 bits per heavy atom. The maximum absolute atomic E-state index is 12.3. The van der Waals surface area contributed by atoms with Gasteiger partial charge in [0.2, 0.25) is 11.0 Å². The highest BCUT2D eigenvalue weighted by molar-refractivity contribution is 8.00. The smallest absolute Gasteiger partial charge is 0.232 e. The predicted molar refractivity (Wildman–Crippen MR) is 114 cm³/mol. The molecular weight excluding hydrogens is 416 g/mol. The van der Waals surface area contributed by atoms with Gasteiger partial charge in [-0.3, -0.25) is 4.79 Å². The van der Waals surface area contributed by atoms with Crippen molar-refractivity contribution in [3.05, 3.63) is 63.8 Å². The second-order valence-electron chi connectivity index (χ2n) is 5.48. The number of carbonyl (C=O) groups is 1. The van der Waals surface area contributed by atoms with Crippen molar-refractivity contribution in [1.82, 2.24) is 15.2 Å². The van der Waals surface area contributed by atoms with Crippen LogP contribution < -0.4 is 5.32 Å². The zero-order chi connectivity index (χ0) is 18.5. The van der Waals surface area contributed by atoms with E-state index >= 15 is 0 Å². The minimum atomic E-state index is -0.133. The first kappa shape index (κ1) is 18.3. The summed E-state index contributed by atoms with van der Waals surface area (Å²) in [5, 5.41) is 16.4. The van der Waals surface area contributed by atoms with Crippen molar-refractivity contribution >= 4 is 56.8 Å². The molecule has 4 rings (SSSR count). The molecular formula is C18H14N4OS4. The minimum absolute atomic E-state index is 0.133. The third kappa shape index (κ3) is 5.01. The molecule has 0 unspecified atom stereocenters. The quantitative estimate of drug-likeness (QED) is 0.322. The second-order valence-corrected chi connectivity index (χ2v) is 9.57. The molecule has 0 radical (unpaired) electrons. The Morgan fingerprint density at radius 1 is 1.07 bits per heavy atom. The average Bonchev–Trinajstić information content (AvgIpc) is 3.43. The Kier molecular flexibility index (Phi) is 5.93. The number of carbonyl (C=O) groups excluding carboxylic acids is 1. The Morgan fingerprint density at radius 3 is 2.78 bits per heavy atom. The van der Waals surface area contributed by atoms with E-state index in [1.54, 1.807) is 34.4 Å². The highest BCUT2D eigenvalue weighted by Gasteiger charge is 2.12. The SMILES string of the molecule is O=C(Cc1csc(-c2ccccc2)n1)Nc1nnc(SCc2cccs2)s1. The van der Waals surface area contributed by atoms with E-state index in [1.807, 2.05) is 41.8 Å². The molecule has 4 aromatic rings. The number of hydrogen-bond donors (Lipinski definition) is 1. The lowest BCUT2D eigenvalue weighted by molar-refractivity contribution is -0.115. The number of thiazole rings is 1. The molecule has 9 heteroatoms. The summed E-state index contributed by atoms with van der Waals surface area (Å²) in [7, 11) is 0. The largest absolute Gasteiger partial charge is 0.300 e. The van der Waals surface area contributed by atoms with Crippen LogP contribution in [0.25, 0.3) is 10.6 Å². The highest BCUT2D eigenvalue weighted by Crippen LogP contribution is 2.29. The van der Waals surface area contributed by atoms with Crippen molar-refractivity contribution < 1.29 is 4.79 Å². The van der Waals surface area contributed by atoms with Crippen molar-refractivity contribution in [3.8, 4) is 10.6 Å². The van der Waals surface area contributed by atoms with E-state index in [-0.39, 0.29) is 12.3 Å². The monoisotopic (exact) mass is 430 g/mol. The molecule has 3 heterocycles. The van der Waals surface area contributed by atoms with Crippen LogP contribution in [-0.2, 0) is 17.0 Å². The van der Waals surface area contributed by atoms with Crippen LogP contribution in [0.2, 0.25) is 0 Å². The van der Waals surface area contributed by atoms with E-state index in [1.165, 1.54) is 16.2 Å². The van der Waals surface area contributed by atoms with Gasteiger partial charge < -0.3 is 5.32 Å². The summed E-state index contributed by atoms with van der Waals surface area (Å²) >= 11 is 6.28. The van der Waals surface area contributed by atoms with Gasteiger partial charge in [0, 0.05) is 21.6 Å². The van der Waals surface area contributed by atoms with E-state index < -0.39 is 0 Å². The van der Waals surface area contributed by atoms with Gasteiger partial charge in [-0.15, -0.1) is 32.9 Å². The molecule has 1 aromatic carbocycles. The molecule has 1 amide bonds. The number of nitrogens with one attached hydrogen (secondary N) is 1. The second kappa shape index (κ2) is 8.75. The highest BCUT2D eigenvalue weighted by atomic mass is 32.2. The molecule has 0 aliphatic carbocycles. The lowest BCUT2D eigenvalue weighted by Gasteiger charge is -1.98. The van der Waals surface area contributed by atoms with Crippen LogP contribution in [0.5, 0.6) is 0 Å². The van der Waals surface area contributed by atoms with Crippen molar-refractivity contribution in [1.29, 1.82) is 0 Å². The molecule has 0 bridgehead atoms. The number of anilines is 1. The van der Waals surface area contributed by atoms with E-state index in [2.05, 4.69) is 31.9 Å². The number of thioether (sulfide) groups is 1. The van der Waals surface area contributed by atoms with Crippen molar-refractivity contribution in [2.75, 3.05) is 5.32 Å². The summed E-state index contributed by atoms with van der Waals surface area (Å²) in [4.78, 5) is 18.1. The van der Waals surface area contributed by atoms with Crippen LogP contribution in [0.3, 0.4) is 0 Å². The van der Waals surface area contributed by atoms with Gasteiger partial charge in [0.15, 0.2) is 4.34 Å². The average molecular weight is 431 g/mol. The van der Waals surface area contributed by atoms with Gasteiger partial charge in [-0.1, -0.05) is 59.5 Å². The van der Waals surface area contributed by atoms with Gasteiger partial charge in [-0.25, -0.2) is 4.98 Å². The third-order valence-electron chi connectivity index (χ3n) is 3.48. The molecule has 136 valence electrons. The number of thiophene rings is 1. The number of hydrogen-bond acceptors (Lipinski definition) is 8. The molecule has 0 aliphatic rings. The maximum atomic E-state index is 12.3. The van der Waals surface area contributed by atoms with E-state index in [4.69, 9.17) is 0 Å². The first-order chi connectivity index (χ1) is 13.3. The van der Waals surface area contributed by atoms with Gasteiger partial charge in [0.1, 0.15) is 5.01 Å². The summed E-state index contributed by atoms with van der Waals surface area (Å²) in [6.45, 7) is 0. The topological polar surface area (TPSA) is 67.8 Å². The summed E-state index contributed by atoms with van der Waals surface area (Å²) in [5.74, 6) is 0.729. The zero-order valence-electron chi connectivity index (χ0n) is 14.0. The molecule has 5 nitrogen and oxygen atoms in total. The van der Waals surface area contributed by atoms with E-state index in [0.29, 0.717) is 5.13 Å². The number of benzene rings is 1. The van der Waals surface area contributed by atoms with Crippen molar-refractivity contribution in [2.24, 2.45) is 0 Å². The normalized spacial score (nSPS) is 10.8. The van der Waals surface area contributed by atoms with Crippen LogP contribution in [0.4, 0.5) is 5.13 Å². The fourth-order valence-electron chi connectivity index (χ4n) is 2.28. The standard InChI is InChI=1S/C18H14N4OS4/c23-15(9-13-10-25-16(19-13)12-5-2-1-3-6-12)20-17-21-22-18(27-17)26-11-14-7-4-8-24-14/h1-8,10H,9,11H2,(H,20,21,23). The molecule has 3 aromatic heterocycles. The first-order valence-electron chi connectivity index (χ1n) is 8.04. The van der Waals surface area contributed by atoms with Crippen molar-refractivity contribution in [2.45, 2.75) is 16.5 Å². The zero-order valence-corrected chi connectivity index (χ0v) is 17.3. The lowest BCUT2D eigenvalue weighted by atomic mass is 10.2. The molecule has 0 saturated heterocycles. The number of aromatic nitrogens is 3. The molecule has 1 N–H and O–H groups in total. The molecule has 0 atom stereocenters.